The molecule has 3 rings (SSSR count). The quantitative estimate of drug-likeness (QED) is 0.781. The average molecular weight is 377 g/mol. The van der Waals surface area contributed by atoms with Crippen LogP contribution in [0.5, 0.6) is 0 Å². The summed E-state index contributed by atoms with van der Waals surface area (Å²) in [5, 5.41) is 5.50. The lowest BCUT2D eigenvalue weighted by Crippen LogP contribution is -2.40. The number of rotatable bonds is 6. The zero-order chi connectivity index (χ0) is 17.6. The second-order valence-electron chi connectivity index (χ2n) is 6.22. The van der Waals surface area contributed by atoms with Crippen molar-refractivity contribution in [2.45, 2.75) is 12.8 Å². The number of likely N-dealkylation sites (tertiary alicyclic amines) is 1. The van der Waals surface area contributed by atoms with Gasteiger partial charge in [0.15, 0.2) is 5.78 Å². The smallest absolute Gasteiger partial charge is 0.261 e. The van der Waals surface area contributed by atoms with E-state index in [4.69, 9.17) is 11.6 Å². The number of ketones is 1. The largest absolute Gasteiger partial charge is 0.350 e. The third-order valence-electron chi connectivity index (χ3n) is 4.55. The van der Waals surface area contributed by atoms with Crippen molar-refractivity contribution in [2.24, 2.45) is 5.92 Å². The summed E-state index contributed by atoms with van der Waals surface area (Å²) in [6.45, 7) is 3.23. The molecule has 1 amide bonds. The number of carbonyl (C=O) groups excluding carboxylic acids is 2. The Hall–Kier alpha value is -1.69. The molecule has 4 nitrogen and oxygen atoms in total. The number of benzene rings is 1. The number of carbonyl (C=O) groups is 2. The fourth-order valence-corrected chi connectivity index (χ4v) is 3.86. The summed E-state index contributed by atoms with van der Waals surface area (Å²) in [6.07, 6.45) is 1.72. The summed E-state index contributed by atoms with van der Waals surface area (Å²) in [7, 11) is 0. The molecular weight excluding hydrogens is 356 g/mol. The highest BCUT2D eigenvalue weighted by atomic mass is 35.5. The van der Waals surface area contributed by atoms with Gasteiger partial charge in [-0.3, -0.25) is 9.59 Å². The summed E-state index contributed by atoms with van der Waals surface area (Å²) in [5.41, 5.74) is 0.742. The Balaban J connectivity index is 1.40. The molecule has 132 valence electrons. The van der Waals surface area contributed by atoms with Gasteiger partial charge in [0.25, 0.3) is 5.91 Å². The standard InChI is InChI=1S/C19H21ClN2O2S/c20-16-5-3-14(4-6-16)18(23)15-7-10-22(11-8-15)12-9-21-19(24)17-2-1-13-25-17/h1-6,13,15H,7-12H2,(H,21,24). The zero-order valence-electron chi connectivity index (χ0n) is 13.9. The molecular formula is C19H21ClN2O2S. The van der Waals surface area contributed by atoms with Crippen LogP contribution in [0.15, 0.2) is 41.8 Å². The SMILES string of the molecule is O=C(NCCN1CCC(C(=O)c2ccc(Cl)cc2)CC1)c1cccs1. The van der Waals surface area contributed by atoms with Gasteiger partial charge in [0, 0.05) is 29.6 Å². The molecule has 0 bridgehead atoms. The van der Waals surface area contributed by atoms with Gasteiger partial charge >= 0.3 is 0 Å². The van der Waals surface area contributed by atoms with Crippen molar-refractivity contribution in [2.75, 3.05) is 26.2 Å². The highest BCUT2D eigenvalue weighted by Gasteiger charge is 2.25. The van der Waals surface area contributed by atoms with Crippen molar-refractivity contribution in [1.29, 1.82) is 0 Å². The number of Topliss-reactive ketones (excluding diaryl/α,β-unsaturated/α-hetero) is 1. The minimum atomic E-state index is -0.0113. The molecule has 1 saturated heterocycles. The van der Waals surface area contributed by atoms with Gasteiger partial charge < -0.3 is 10.2 Å². The second-order valence-corrected chi connectivity index (χ2v) is 7.60. The molecule has 2 heterocycles. The van der Waals surface area contributed by atoms with E-state index in [1.54, 1.807) is 24.3 Å². The van der Waals surface area contributed by atoms with Crippen LogP contribution in [0.25, 0.3) is 0 Å². The van der Waals surface area contributed by atoms with Crippen LogP contribution in [-0.2, 0) is 0 Å². The van der Waals surface area contributed by atoms with Crippen LogP contribution in [-0.4, -0.2) is 42.8 Å². The van der Waals surface area contributed by atoms with E-state index in [-0.39, 0.29) is 17.6 Å². The number of amides is 1. The summed E-state index contributed by atoms with van der Waals surface area (Å²) < 4.78 is 0. The zero-order valence-corrected chi connectivity index (χ0v) is 15.5. The van der Waals surface area contributed by atoms with E-state index in [9.17, 15) is 9.59 Å². The minimum absolute atomic E-state index is 0.0113. The molecule has 1 aromatic carbocycles. The molecule has 1 aromatic heterocycles. The Morgan fingerprint density at radius 1 is 1.16 bits per heavy atom. The lowest BCUT2D eigenvalue weighted by atomic mass is 9.89. The lowest BCUT2D eigenvalue weighted by Gasteiger charge is -2.31. The Bertz CT molecular complexity index is 708. The molecule has 0 saturated carbocycles. The number of thiophene rings is 1. The third kappa shape index (κ3) is 4.91. The molecule has 2 aromatic rings. The van der Waals surface area contributed by atoms with Gasteiger partial charge in [0.2, 0.25) is 0 Å². The van der Waals surface area contributed by atoms with Crippen LogP contribution in [0, 0.1) is 5.92 Å². The molecule has 0 aliphatic carbocycles. The number of piperidine rings is 1. The van der Waals surface area contributed by atoms with Crippen LogP contribution in [0.1, 0.15) is 32.9 Å². The van der Waals surface area contributed by atoms with Crippen molar-refractivity contribution < 1.29 is 9.59 Å². The van der Waals surface area contributed by atoms with Crippen LogP contribution >= 0.6 is 22.9 Å². The van der Waals surface area contributed by atoms with Gasteiger partial charge in [-0.2, -0.15) is 0 Å². The van der Waals surface area contributed by atoms with Gasteiger partial charge in [-0.25, -0.2) is 0 Å². The number of nitrogens with one attached hydrogen (secondary N) is 1. The van der Waals surface area contributed by atoms with Crippen molar-refractivity contribution in [3.63, 3.8) is 0 Å². The molecule has 1 aliphatic rings. The fraction of sp³-hybridized carbons (Fsp3) is 0.368. The first-order chi connectivity index (χ1) is 12.1. The normalized spacial score (nSPS) is 15.9. The van der Waals surface area contributed by atoms with Crippen LogP contribution in [0.2, 0.25) is 5.02 Å². The minimum Gasteiger partial charge on any atom is -0.350 e. The molecule has 1 N–H and O–H groups in total. The molecule has 0 atom stereocenters. The van der Waals surface area contributed by atoms with Crippen molar-refractivity contribution in [1.82, 2.24) is 10.2 Å². The van der Waals surface area contributed by atoms with Crippen molar-refractivity contribution in [3.8, 4) is 0 Å². The van der Waals surface area contributed by atoms with E-state index in [1.165, 1.54) is 11.3 Å². The van der Waals surface area contributed by atoms with E-state index in [0.717, 1.165) is 42.9 Å². The van der Waals surface area contributed by atoms with Crippen molar-refractivity contribution >= 4 is 34.6 Å². The first kappa shape index (κ1) is 18.1. The van der Waals surface area contributed by atoms with Crippen molar-refractivity contribution in [3.05, 3.63) is 57.2 Å². The molecule has 1 fully saturated rings. The predicted molar refractivity (Wildman–Crippen MR) is 102 cm³/mol. The summed E-state index contributed by atoms with van der Waals surface area (Å²) in [6, 6.07) is 10.8. The van der Waals surface area contributed by atoms with Gasteiger partial charge in [-0.05, 0) is 61.6 Å². The average Bonchev–Trinajstić information content (AvgIpc) is 3.17. The highest BCUT2D eigenvalue weighted by Crippen LogP contribution is 2.22. The maximum Gasteiger partial charge on any atom is 0.261 e. The monoisotopic (exact) mass is 376 g/mol. The Morgan fingerprint density at radius 2 is 1.88 bits per heavy atom. The van der Waals surface area contributed by atoms with Crippen LogP contribution in [0.3, 0.4) is 0 Å². The fourth-order valence-electron chi connectivity index (χ4n) is 3.09. The first-order valence-corrected chi connectivity index (χ1v) is 9.73. The van der Waals surface area contributed by atoms with Crippen LogP contribution < -0.4 is 5.32 Å². The van der Waals surface area contributed by atoms with Gasteiger partial charge in [-0.1, -0.05) is 17.7 Å². The van der Waals surface area contributed by atoms with E-state index in [0.29, 0.717) is 11.6 Å². The maximum atomic E-state index is 12.5. The van der Waals surface area contributed by atoms with E-state index >= 15 is 0 Å². The van der Waals surface area contributed by atoms with Gasteiger partial charge in [-0.15, -0.1) is 11.3 Å². The number of hydrogen-bond donors (Lipinski definition) is 1. The number of nitrogens with zero attached hydrogens (tertiary/aromatic N) is 1. The van der Waals surface area contributed by atoms with E-state index < -0.39 is 0 Å². The highest BCUT2D eigenvalue weighted by molar-refractivity contribution is 7.12. The van der Waals surface area contributed by atoms with Gasteiger partial charge in [0.05, 0.1) is 4.88 Å². The Labute approximate surface area is 156 Å². The predicted octanol–water partition coefficient (Wildman–Crippen LogP) is 3.73. The lowest BCUT2D eigenvalue weighted by molar-refractivity contribution is 0.0839. The summed E-state index contributed by atoms with van der Waals surface area (Å²) in [4.78, 5) is 27.5. The van der Waals surface area contributed by atoms with Gasteiger partial charge in [0.1, 0.15) is 0 Å². The Kier molecular flexibility index (Phi) is 6.24. The molecule has 1 aliphatic heterocycles. The number of halogens is 1. The second kappa shape index (κ2) is 8.61. The topological polar surface area (TPSA) is 49.4 Å². The summed E-state index contributed by atoms with van der Waals surface area (Å²) in [5.74, 6) is 0.281. The van der Waals surface area contributed by atoms with E-state index in [1.807, 2.05) is 17.5 Å². The summed E-state index contributed by atoms with van der Waals surface area (Å²) >= 11 is 7.33. The third-order valence-corrected chi connectivity index (χ3v) is 5.67. The van der Waals surface area contributed by atoms with E-state index in [2.05, 4.69) is 10.2 Å². The molecule has 25 heavy (non-hydrogen) atoms. The molecule has 0 spiro atoms. The number of hydrogen-bond acceptors (Lipinski definition) is 4. The molecule has 0 radical (unpaired) electrons. The Morgan fingerprint density at radius 3 is 2.52 bits per heavy atom. The van der Waals surface area contributed by atoms with Crippen LogP contribution in [0.4, 0.5) is 0 Å². The maximum absolute atomic E-state index is 12.5. The molecule has 6 heteroatoms. The molecule has 0 unspecified atom stereocenters. The first-order valence-electron chi connectivity index (χ1n) is 8.47.